The first-order valence-corrected chi connectivity index (χ1v) is 6.59. The predicted molar refractivity (Wildman–Crippen MR) is 65.6 cm³/mol. The van der Waals surface area contributed by atoms with Crippen LogP contribution in [0.4, 0.5) is 4.39 Å². The fourth-order valence-corrected chi connectivity index (χ4v) is 2.11. The molecule has 0 fully saturated rings. The molecule has 0 aliphatic carbocycles. The molecule has 0 aliphatic rings. The topological polar surface area (TPSA) is 26.0 Å². The van der Waals surface area contributed by atoms with Crippen LogP contribution in [0.15, 0.2) is 24.3 Å². The minimum atomic E-state index is -0.174. The Hall–Kier alpha value is -0.540. The van der Waals surface area contributed by atoms with Gasteiger partial charge < -0.3 is 5.73 Å². The van der Waals surface area contributed by atoms with E-state index in [2.05, 4.69) is 6.26 Å². The van der Waals surface area contributed by atoms with Gasteiger partial charge >= 0.3 is 0 Å². The van der Waals surface area contributed by atoms with Crippen molar-refractivity contribution in [1.29, 1.82) is 0 Å². The lowest BCUT2D eigenvalue weighted by molar-refractivity contribution is 0.522. The normalized spacial score (nSPS) is 12.7. The van der Waals surface area contributed by atoms with E-state index in [-0.39, 0.29) is 5.82 Å². The molecule has 0 aromatic heterocycles. The van der Waals surface area contributed by atoms with Crippen molar-refractivity contribution in [3.8, 4) is 0 Å². The van der Waals surface area contributed by atoms with Gasteiger partial charge in [-0.25, -0.2) is 4.39 Å². The molecule has 0 bridgehead atoms. The summed E-state index contributed by atoms with van der Waals surface area (Å²) >= 11 is 1.84. The maximum atomic E-state index is 12.7. The van der Waals surface area contributed by atoms with Crippen LogP contribution in [0.1, 0.15) is 12.0 Å². The van der Waals surface area contributed by atoms with Gasteiger partial charge in [0.05, 0.1) is 0 Å². The van der Waals surface area contributed by atoms with Gasteiger partial charge in [0.15, 0.2) is 0 Å². The third kappa shape index (κ3) is 4.67. The summed E-state index contributed by atoms with van der Waals surface area (Å²) in [7, 11) is 0. The van der Waals surface area contributed by atoms with E-state index in [4.69, 9.17) is 5.73 Å². The molecule has 1 atom stereocenters. The van der Waals surface area contributed by atoms with E-state index < -0.39 is 0 Å². The lowest BCUT2D eigenvalue weighted by Crippen LogP contribution is -2.17. The molecule has 0 spiro atoms. The third-order valence-corrected chi connectivity index (χ3v) is 3.15. The lowest BCUT2D eigenvalue weighted by atomic mass is 9.97. The first kappa shape index (κ1) is 12.5. The van der Waals surface area contributed by atoms with E-state index in [1.807, 2.05) is 23.9 Å². The number of hydrogen-bond donors (Lipinski definition) is 1. The van der Waals surface area contributed by atoms with Crippen molar-refractivity contribution in [3.63, 3.8) is 0 Å². The molecule has 1 rings (SSSR count). The molecule has 0 saturated carbocycles. The summed E-state index contributed by atoms with van der Waals surface area (Å²) in [4.78, 5) is 0. The highest BCUT2D eigenvalue weighted by Gasteiger charge is 2.07. The summed E-state index contributed by atoms with van der Waals surface area (Å²) in [5.74, 6) is 1.48. The molecule has 0 radical (unpaired) electrons. The Balaban J connectivity index is 2.47. The number of halogens is 1. The van der Waals surface area contributed by atoms with Crippen LogP contribution >= 0.6 is 11.8 Å². The van der Waals surface area contributed by atoms with Gasteiger partial charge in [0.25, 0.3) is 0 Å². The van der Waals surface area contributed by atoms with E-state index in [0.29, 0.717) is 12.5 Å². The Labute approximate surface area is 95.2 Å². The average molecular weight is 227 g/mol. The number of nitrogens with two attached hydrogens (primary N) is 1. The van der Waals surface area contributed by atoms with Crippen molar-refractivity contribution in [2.45, 2.75) is 12.8 Å². The van der Waals surface area contributed by atoms with Gasteiger partial charge in [0.1, 0.15) is 5.82 Å². The molecule has 0 heterocycles. The quantitative estimate of drug-likeness (QED) is 0.808. The van der Waals surface area contributed by atoms with Crippen molar-refractivity contribution in [1.82, 2.24) is 0 Å². The molecule has 0 aliphatic heterocycles. The Bertz CT molecular complexity index is 273. The molecule has 2 N–H and O–H groups in total. The van der Waals surface area contributed by atoms with Crippen LogP contribution in [-0.2, 0) is 6.42 Å². The van der Waals surface area contributed by atoms with Gasteiger partial charge in [-0.1, -0.05) is 12.1 Å². The highest BCUT2D eigenvalue weighted by atomic mass is 32.2. The summed E-state index contributed by atoms with van der Waals surface area (Å²) in [6, 6.07) is 6.71. The van der Waals surface area contributed by atoms with Crippen LogP contribution in [-0.4, -0.2) is 18.6 Å². The van der Waals surface area contributed by atoms with Gasteiger partial charge in [-0.15, -0.1) is 0 Å². The van der Waals surface area contributed by atoms with Gasteiger partial charge in [-0.05, 0) is 55.0 Å². The lowest BCUT2D eigenvalue weighted by Gasteiger charge is -2.13. The molecule has 1 unspecified atom stereocenters. The highest BCUT2D eigenvalue weighted by molar-refractivity contribution is 7.98. The van der Waals surface area contributed by atoms with Crippen LogP contribution in [0.2, 0.25) is 0 Å². The minimum absolute atomic E-state index is 0.174. The molecule has 0 amide bonds. The van der Waals surface area contributed by atoms with E-state index in [0.717, 1.165) is 18.6 Å². The van der Waals surface area contributed by atoms with Crippen molar-refractivity contribution < 1.29 is 4.39 Å². The van der Waals surface area contributed by atoms with Crippen molar-refractivity contribution in [2.75, 3.05) is 18.6 Å². The van der Waals surface area contributed by atoms with Crippen LogP contribution in [0.25, 0.3) is 0 Å². The van der Waals surface area contributed by atoms with Crippen molar-refractivity contribution in [2.24, 2.45) is 11.7 Å². The molecular weight excluding hydrogens is 209 g/mol. The highest BCUT2D eigenvalue weighted by Crippen LogP contribution is 2.14. The van der Waals surface area contributed by atoms with Gasteiger partial charge in [0, 0.05) is 0 Å². The summed E-state index contributed by atoms with van der Waals surface area (Å²) in [6.07, 6.45) is 4.19. The second-order valence-corrected chi connectivity index (χ2v) is 4.70. The first-order valence-electron chi connectivity index (χ1n) is 5.19. The Morgan fingerprint density at radius 2 is 2.00 bits per heavy atom. The van der Waals surface area contributed by atoms with Gasteiger partial charge in [0.2, 0.25) is 0 Å². The molecule has 1 aromatic rings. The molecule has 0 saturated heterocycles. The third-order valence-electron chi connectivity index (χ3n) is 2.50. The predicted octanol–water partition coefficient (Wildman–Crippen LogP) is 2.70. The van der Waals surface area contributed by atoms with Crippen LogP contribution in [0.3, 0.4) is 0 Å². The monoisotopic (exact) mass is 227 g/mol. The number of rotatable bonds is 6. The fourth-order valence-electron chi connectivity index (χ4n) is 1.54. The van der Waals surface area contributed by atoms with E-state index in [1.54, 1.807) is 0 Å². The van der Waals surface area contributed by atoms with Gasteiger partial charge in [-0.2, -0.15) is 11.8 Å². The number of hydrogen-bond acceptors (Lipinski definition) is 2. The Kier molecular flexibility index (Phi) is 5.73. The van der Waals surface area contributed by atoms with Crippen LogP contribution in [0.5, 0.6) is 0 Å². The van der Waals surface area contributed by atoms with Crippen molar-refractivity contribution >= 4 is 11.8 Å². The van der Waals surface area contributed by atoms with Crippen molar-refractivity contribution in [3.05, 3.63) is 35.6 Å². The summed E-state index contributed by atoms with van der Waals surface area (Å²) in [5, 5.41) is 0. The maximum absolute atomic E-state index is 12.7. The van der Waals surface area contributed by atoms with E-state index in [9.17, 15) is 4.39 Å². The number of benzene rings is 1. The second kappa shape index (κ2) is 6.85. The summed E-state index contributed by atoms with van der Waals surface area (Å²) in [5.41, 5.74) is 6.88. The zero-order chi connectivity index (χ0) is 11.1. The average Bonchev–Trinajstić information content (AvgIpc) is 2.27. The van der Waals surface area contributed by atoms with Crippen LogP contribution in [0, 0.1) is 11.7 Å². The Morgan fingerprint density at radius 1 is 1.33 bits per heavy atom. The fraction of sp³-hybridized carbons (Fsp3) is 0.500. The molecular formula is C12H18FNS. The SMILES string of the molecule is CSCCC(CN)Cc1ccc(F)cc1. The Morgan fingerprint density at radius 3 is 2.53 bits per heavy atom. The molecule has 15 heavy (non-hydrogen) atoms. The van der Waals surface area contributed by atoms with Gasteiger partial charge in [-0.3, -0.25) is 0 Å². The molecule has 3 heteroatoms. The second-order valence-electron chi connectivity index (χ2n) is 3.71. The summed E-state index contributed by atoms with van der Waals surface area (Å²) < 4.78 is 12.7. The zero-order valence-corrected chi connectivity index (χ0v) is 9.90. The largest absolute Gasteiger partial charge is 0.330 e. The maximum Gasteiger partial charge on any atom is 0.123 e. The number of thioether (sulfide) groups is 1. The summed E-state index contributed by atoms with van der Waals surface area (Å²) in [6.45, 7) is 0.706. The van der Waals surface area contributed by atoms with E-state index in [1.165, 1.54) is 17.7 Å². The standard InChI is InChI=1S/C12H18FNS/c1-15-7-6-11(9-14)8-10-2-4-12(13)5-3-10/h2-5,11H,6-9,14H2,1H3. The smallest absolute Gasteiger partial charge is 0.123 e. The molecule has 1 aromatic carbocycles. The van der Waals surface area contributed by atoms with E-state index >= 15 is 0 Å². The molecule has 84 valence electrons. The zero-order valence-electron chi connectivity index (χ0n) is 9.08. The van der Waals surface area contributed by atoms with Crippen LogP contribution < -0.4 is 5.73 Å². The minimum Gasteiger partial charge on any atom is -0.330 e. The first-order chi connectivity index (χ1) is 7.26. The molecule has 1 nitrogen and oxygen atoms in total.